The zero-order chi connectivity index (χ0) is 21.1. The molecule has 0 amide bonds. The van der Waals surface area contributed by atoms with E-state index in [9.17, 15) is 14.4 Å². The van der Waals surface area contributed by atoms with E-state index in [0.29, 0.717) is 6.42 Å². The molecule has 0 bridgehead atoms. The Balaban J connectivity index is 2.37. The summed E-state index contributed by atoms with van der Waals surface area (Å²) < 4.78 is 10.5. The quantitative estimate of drug-likeness (QED) is 0.472. The van der Waals surface area contributed by atoms with Crippen LogP contribution in [0.3, 0.4) is 0 Å². The Hall–Kier alpha value is -1.65. The van der Waals surface area contributed by atoms with E-state index >= 15 is 0 Å². The van der Waals surface area contributed by atoms with Crippen molar-refractivity contribution in [3.05, 3.63) is 11.6 Å². The Morgan fingerprint density at radius 3 is 2.46 bits per heavy atom. The number of fused-ring (bicyclic) bond motifs is 1. The normalized spacial score (nSPS) is 32.3. The molecule has 5 heteroatoms. The van der Waals surface area contributed by atoms with Gasteiger partial charge in [-0.25, -0.2) is 0 Å². The van der Waals surface area contributed by atoms with E-state index < -0.39 is 5.41 Å². The van der Waals surface area contributed by atoms with Crippen molar-refractivity contribution in [2.75, 3.05) is 13.7 Å². The fourth-order valence-corrected chi connectivity index (χ4v) is 5.61. The molecule has 0 unspecified atom stereocenters. The van der Waals surface area contributed by atoms with Gasteiger partial charge >= 0.3 is 11.9 Å². The van der Waals surface area contributed by atoms with Crippen LogP contribution >= 0.6 is 0 Å². The molecule has 0 N–H and O–H groups in total. The van der Waals surface area contributed by atoms with E-state index in [0.717, 1.165) is 37.7 Å². The van der Waals surface area contributed by atoms with Crippen LogP contribution in [0, 0.1) is 28.6 Å². The third-order valence-electron chi connectivity index (χ3n) is 7.25. The lowest BCUT2D eigenvalue weighted by Gasteiger charge is -2.56. The number of methoxy groups -OCH3 is 1. The number of esters is 2. The minimum atomic E-state index is -0.522. The number of ketones is 1. The van der Waals surface area contributed by atoms with Gasteiger partial charge in [0, 0.05) is 19.3 Å². The Kier molecular flexibility index (Phi) is 7.11. The van der Waals surface area contributed by atoms with Crippen LogP contribution in [-0.4, -0.2) is 31.4 Å². The molecule has 0 radical (unpaired) electrons. The van der Waals surface area contributed by atoms with Crippen LogP contribution in [0.25, 0.3) is 0 Å². The van der Waals surface area contributed by atoms with E-state index in [1.54, 1.807) is 0 Å². The largest absolute Gasteiger partial charge is 0.469 e. The first-order chi connectivity index (χ1) is 13.1. The van der Waals surface area contributed by atoms with E-state index in [4.69, 9.17) is 9.47 Å². The first kappa shape index (κ1) is 22.6. The zero-order valence-corrected chi connectivity index (χ0v) is 18.3. The standard InChI is InChI=1S/C23H36O5/c1-15(2)19(25)10-9-18-17(14-28-16(3)24)8-11-20-22(18,4)12-7-13-23(20,5)21(26)27-6/h8,15,18,20H,7,9-14H2,1-6H3/t18-,20+,22+,23+/m0/s1. The zero-order valence-electron chi connectivity index (χ0n) is 18.3. The monoisotopic (exact) mass is 392 g/mol. The second kappa shape index (κ2) is 8.79. The molecule has 4 atom stereocenters. The number of hydrogen-bond acceptors (Lipinski definition) is 5. The molecule has 2 rings (SSSR count). The number of hydrogen-bond donors (Lipinski definition) is 0. The van der Waals surface area contributed by atoms with Gasteiger partial charge in [-0.2, -0.15) is 0 Å². The molecule has 0 aromatic heterocycles. The number of rotatable bonds is 7. The summed E-state index contributed by atoms with van der Waals surface area (Å²) in [7, 11) is 1.46. The Morgan fingerprint density at radius 2 is 1.89 bits per heavy atom. The molecule has 0 aromatic carbocycles. The highest BCUT2D eigenvalue weighted by atomic mass is 16.5. The molecule has 0 heterocycles. The predicted molar refractivity (Wildman–Crippen MR) is 107 cm³/mol. The van der Waals surface area contributed by atoms with Crippen molar-refractivity contribution in [3.63, 3.8) is 0 Å². The minimum absolute atomic E-state index is 0.0137. The van der Waals surface area contributed by atoms with Crippen molar-refractivity contribution in [1.29, 1.82) is 0 Å². The highest BCUT2D eigenvalue weighted by molar-refractivity contribution is 5.80. The van der Waals surface area contributed by atoms with Crippen molar-refractivity contribution >= 4 is 17.7 Å². The topological polar surface area (TPSA) is 69.7 Å². The molecule has 158 valence electrons. The molecule has 0 aliphatic heterocycles. The van der Waals surface area contributed by atoms with Crippen LogP contribution in [0.15, 0.2) is 11.6 Å². The Labute approximate surface area is 169 Å². The predicted octanol–water partition coefficient (Wildman–Crippen LogP) is 4.49. The van der Waals surface area contributed by atoms with Gasteiger partial charge in [-0.1, -0.05) is 33.3 Å². The maximum atomic E-state index is 12.7. The van der Waals surface area contributed by atoms with Crippen molar-refractivity contribution in [2.45, 2.75) is 73.1 Å². The molecule has 1 saturated carbocycles. The van der Waals surface area contributed by atoms with Crippen molar-refractivity contribution < 1.29 is 23.9 Å². The molecule has 0 saturated heterocycles. The molecular formula is C23H36O5. The summed E-state index contributed by atoms with van der Waals surface area (Å²) in [5.41, 5.74) is 0.452. The van der Waals surface area contributed by atoms with Crippen LogP contribution < -0.4 is 0 Å². The number of carbonyl (C=O) groups is 3. The number of carbonyl (C=O) groups excluding carboxylic acids is 3. The molecule has 2 aliphatic rings. The van der Waals surface area contributed by atoms with Crippen LogP contribution in [0.1, 0.15) is 73.1 Å². The van der Waals surface area contributed by atoms with Gasteiger partial charge in [0.1, 0.15) is 12.4 Å². The van der Waals surface area contributed by atoms with Crippen molar-refractivity contribution in [3.8, 4) is 0 Å². The first-order valence-electron chi connectivity index (χ1n) is 10.5. The number of allylic oxidation sites excluding steroid dienone is 1. The summed E-state index contributed by atoms with van der Waals surface area (Å²) >= 11 is 0. The van der Waals surface area contributed by atoms with Crippen LogP contribution in [-0.2, 0) is 23.9 Å². The van der Waals surface area contributed by atoms with Gasteiger partial charge in [-0.15, -0.1) is 0 Å². The van der Waals surface area contributed by atoms with E-state index in [-0.39, 0.29) is 47.5 Å². The van der Waals surface area contributed by atoms with Crippen LogP contribution in [0.4, 0.5) is 0 Å². The van der Waals surface area contributed by atoms with E-state index in [2.05, 4.69) is 13.0 Å². The summed E-state index contributed by atoms with van der Waals surface area (Å²) in [4.78, 5) is 36.4. The lowest BCUT2D eigenvalue weighted by Crippen LogP contribution is -2.53. The molecule has 2 aliphatic carbocycles. The smallest absolute Gasteiger partial charge is 0.311 e. The third kappa shape index (κ3) is 4.33. The molecule has 1 fully saturated rings. The molecule has 5 nitrogen and oxygen atoms in total. The molecule has 0 aromatic rings. The fourth-order valence-electron chi connectivity index (χ4n) is 5.61. The van der Waals surface area contributed by atoms with E-state index in [1.165, 1.54) is 14.0 Å². The Bertz CT molecular complexity index is 649. The van der Waals surface area contributed by atoms with Gasteiger partial charge in [0.2, 0.25) is 0 Å². The van der Waals surface area contributed by atoms with Gasteiger partial charge in [-0.05, 0) is 55.4 Å². The average molecular weight is 393 g/mol. The van der Waals surface area contributed by atoms with Crippen LogP contribution in [0.2, 0.25) is 0 Å². The fraction of sp³-hybridized carbons (Fsp3) is 0.783. The summed E-state index contributed by atoms with van der Waals surface area (Å²) in [6.45, 7) is 9.83. The summed E-state index contributed by atoms with van der Waals surface area (Å²) in [5, 5.41) is 0. The van der Waals surface area contributed by atoms with Gasteiger partial charge in [0.15, 0.2) is 0 Å². The lowest BCUT2D eigenvalue weighted by atomic mass is 9.47. The minimum Gasteiger partial charge on any atom is -0.469 e. The summed E-state index contributed by atoms with van der Waals surface area (Å²) in [5.74, 6) is 0.105. The molecule has 0 spiro atoms. The van der Waals surface area contributed by atoms with Crippen molar-refractivity contribution in [2.24, 2.45) is 28.6 Å². The SMILES string of the molecule is COC(=O)[C@]1(C)CCC[C@@]2(C)[C@H]1CC=C(COC(C)=O)[C@@H]2CCC(=O)C(C)C. The van der Waals surface area contributed by atoms with Crippen LogP contribution in [0.5, 0.6) is 0 Å². The Morgan fingerprint density at radius 1 is 1.21 bits per heavy atom. The first-order valence-corrected chi connectivity index (χ1v) is 10.5. The third-order valence-corrected chi connectivity index (χ3v) is 7.25. The second-order valence-electron chi connectivity index (χ2n) is 9.33. The highest BCUT2D eigenvalue weighted by Crippen LogP contribution is 2.61. The highest BCUT2D eigenvalue weighted by Gasteiger charge is 2.57. The number of Topliss-reactive ketones (excluding diaryl/α,β-unsaturated/α-hetero) is 1. The maximum Gasteiger partial charge on any atom is 0.311 e. The average Bonchev–Trinajstić information content (AvgIpc) is 2.63. The molecule has 28 heavy (non-hydrogen) atoms. The van der Waals surface area contributed by atoms with E-state index in [1.807, 2.05) is 20.8 Å². The van der Waals surface area contributed by atoms with Gasteiger partial charge in [-0.3, -0.25) is 14.4 Å². The van der Waals surface area contributed by atoms with Gasteiger partial charge in [0.05, 0.1) is 12.5 Å². The summed E-state index contributed by atoms with van der Waals surface area (Å²) in [6, 6.07) is 0. The van der Waals surface area contributed by atoms with Crippen molar-refractivity contribution in [1.82, 2.24) is 0 Å². The number of ether oxygens (including phenoxy) is 2. The second-order valence-corrected chi connectivity index (χ2v) is 9.33. The van der Waals surface area contributed by atoms with Gasteiger partial charge < -0.3 is 9.47 Å². The van der Waals surface area contributed by atoms with Gasteiger partial charge in [0.25, 0.3) is 0 Å². The molecular weight excluding hydrogens is 356 g/mol. The lowest BCUT2D eigenvalue weighted by molar-refractivity contribution is -0.166. The maximum absolute atomic E-state index is 12.7. The summed E-state index contributed by atoms with van der Waals surface area (Å²) in [6.07, 6.45) is 6.94.